The van der Waals surface area contributed by atoms with Gasteiger partial charge in [0.25, 0.3) is 0 Å². The first-order valence-corrected chi connectivity index (χ1v) is 5.77. The van der Waals surface area contributed by atoms with Crippen LogP contribution in [0.25, 0.3) is 11.0 Å². The topological polar surface area (TPSA) is 93.4 Å². The maximum Gasteiger partial charge on any atom is 0.245 e. The molecule has 0 saturated heterocycles. The Morgan fingerprint density at radius 3 is 3.10 bits per heavy atom. The van der Waals surface area contributed by atoms with E-state index in [0.717, 1.165) is 0 Å². The van der Waals surface area contributed by atoms with Crippen molar-refractivity contribution < 1.29 is 9.15 Å². The van der Waals surface area contributed by atoms with E-state index in [4.69, 9.17) is 9.15 Å². The highest BCUT2D eigenvalue weighted by Crippen LogP contribution is 2.18. The Labute approximate surface area is 112 Å². The number of aliphatic imine (C=N–C) groups is 1. The Hall–Kier alpha value is -2.96. The third-order valence-electron chi connectivity index (χ3n) is 2.74. The molecule has 0 aliphatic heterocycles. The van der Waals surface area contributed by atoms with Crippen molar-refractivity contribution in [2.45, 2.75) is 0 Å². The van der Waals surface area contributed by atoms with Crippen molar-refractivity contribution in [1.82, 2.24) is 15.2 Å². The summed E-state index contributed by atoms with van der Waals surface area (Å²) in [6.07, 6.45) is 4.07. The lowest BCUT2D eigenvalue weighted by molar-refractivity contribution is 0.414. The summed E-state index contributed by atoms with van der Waals surface area (Å²) in [4.78, 5) is 20.1. The average molecular weight is 270 g/mol. The molecule has 0 aliphatic rings. The van der Waals surface area contributed by atoms with Gasteiger partial charge in [0, 0.05) is 12.3 Å². The zero-order chi connectivity index (χ0) is 13.9. The zero-order valence-electron chi connectivity index (χ0n) is 10.5. The molecule has 1 aromatic carbocycles. The van der Waals surface area contributed by atoms with E-state index in [1.165, 1.54) is 18.8 Å². The van der Waals surface area contributed by atoms with Crippen LogP contribution in [-0.4, -0.2) is 28.5 Å². The van der Waals surface area contributed by atoms with Crippen molar-refractivity contribution in [2.75, 3.05) is 7.11 Å². The summed E-state index contributed by atoms with van der Waals surface area (Å²) >= 11 is 0. The van der Waals surface area contributed by atoms with Gasteiger partial charge in [-0.1, -0.05) is 0 Å². The third-order valence-corrected chi connectivity index (χ3v) is 2.74. The summed E-state index contributed by atoms with van der Waals surface area (Å²) in [7, 11) is 1.55. The second kappa shape index (κ2) is 4.96. The molecule has 0 aliphatic carbocycles. The number of methoxy groups -OCH3 is 1. The summed E-state index contributed by atoms with van der Waals surface area (Å²) in [5, 5.41) is 6.70. The lowest BCUT2D eigenvalue weighted by atomic mass is 10.2. The molecule has 0 fully saturated rings. The molecule has 100 valence electrons. The minimum atomic E-state index is -0.169. The van der Waals surface area contributed by atoms with Crippen molar-refractivity contribution in [1.29, 1.82) is 0 Å². The fourth-order valence-electron chi connectivity index (χ4n) is 1.73. The Morgan fingerprint density at radius 1 is 1.45 bits per heavy atom. The minimum Gasteiger partial charge on any atom is -0.497 e. The van der Waals surface area contributed by atoms with E-state index in [9.17, 15) is 4.79 Å². The first kappa shape index (κ1) is 12.1. The van der Waals surface area contributed by atoms with Crippen molar-refractivity contribution in [3.63, 3.8) is 0 Å². The molecule has 20 heavy (non-hydrogen) atoms. The molecular formula is C13H10N4O3. The molecule has 0 amide bonds. The van der Waals surface area contributed by atoms with E-state index in [2.05, 4.69) is 20.2 Å². The number of benzene rings is 1. The molecule has 3 aromatic rings. The van der Waals surface area contributed by atoms with Crippen LogP contribution >= 0.6 is 0 Å². The Balaban J connectivity index is 2.05. The number of ether oxygens (including phenoxy) is 1. The van der Waals surface area contributed by atoms with Gasteiger partial charge in [-0.3, -0.25) is 4.79 Å². The number of aromatic nitrogens is 3. The van der Waals surface area contributed by atoms with E-state index < -0.39 is 0 Å². The number of rotatable bonds is 3. The van der Waals surface area contributed by atoms with E-state index >= 15 is 0 Å². The molecule has 0 bridgehead atoms. The number of aromatic amines is 1. The largest absolute Gasteiger partial charge is 0.497 e. The Kier molecular flexibility index (Phi) is 3.00. The van der Waals surface area contributed by atoms with Gasteiger partial charge in [-0.2, -0.15) is 10.1 Å². The number of H-pyrrole nitrogens is 1. The maximum atomic E-state index is 12.2. The predicted octanol–water partition coefficient (Wildman–Crippen LogP) is 1.67. The van der Waals surface area contributed by atoms with Crippen LogP contribution in [0.3, 0.4) is 0 Å². The van der Waals surface area contributed by atoms with Crippen LogP contribution in [0.15, 0.2) is 45.0 Å². The van der Waals surface area contributed by atoms with Crippen LogP contribution < -0.4 is 10.2 Å². The van der Waals surface area contributed by atoms with Crippen molar-refractivity contribution in [2.24, 2.45) is 4.99 Å². The highest BCUT2D eigenvalue weighted by atomic mass is 16.5. The predicted molar refractivity (Wildman–Crippen MR) is 72.7 cm³/mol. The summed E-state index contributed by atoms with van der Waals surface area (Å²) < 4.78 is 10.5. The van der Waals surface area contributed by atoms with E-state index in [1.807, 2.05) is 0 Å². The molecule has 2 aromatic heterocycles. The summed E-state index contributed by atoms with van der Waals surface area (Å²) in [5.41, 5.74) is 0.627. The van der Waals surface area contributed by atoms with Gasteiger partial charge in [0.2, 0.25) is 11.4 Å². The minimum absolute atomic E-state index is 0.169. The second-order valence-corrected chi connectivity index (χ2v) is 3.95. The van der Waals surface area contributed by atoms with Gasteiger partial charge >= 0.3 is 0 Å². The highest BCUT2D eigenvalue weighted by Gasteiger charge is 2.06. The molecule has 7 heteroatoms. The average Bonchev–Trinajstić information content (AvgIpc) is 2.99. The maximum absolute atomic E-state index is 12.2. The van der Waals surface area contributed by atoms with E-state index in [-0.39, 0.29) is 5.43 Å². The van der Waals surface area contributed by atoms with E-state index in [1.54, 1.807) is 25.3 Å². The van der Waals surface area contributed by atoms with Crippen LogP contribution in [0.4, 0.5) is 5.95 Å². The smallest absolute Gasteiger partial charge is 0.245 e. The molecular weight excluding hydrogens is 260 g/mol. The van der Waals surface area contributed by atoms with Crippen molar-refractivity contribution in [3.05, 3.63) is 46.6 Å². The zero-order valence-corrected chi connectivity index (χ0v) is 10.5. The van der Waals surface area contributed by atoms with Crippen molar-refractivity contribution in [3.8, 4) is 5.75 Å². The number of nitrogens with one attached hydrogen (secondary N) is 1. The Bertz CT molecular complexity index is 821. The van der Waals surface area contributed by atoms with Gasteiger partial charge in [0.05, 0.1) is 18.1 Å². The van der Waals surface area contributed by atoms with Crippen LogP contribution in [0.5, 0.6) is 5.75 Å². The van der Waals surface area contributed by atoms with Gasteiger partial charge < -0.3 is 9.15 Å². The number of hydrogen-bond donors (Lipinski definition) is 1. The van der Waals surface area contributed by atoms with Gasteiger partial charge in [-0.15, -0.1) is 0 Å². The van der Waals surface area contributed by atoms with Crippen LogP contribution in [0.2, 0.25) is 0 Å². The standard InChI is InChI=1S/C13H10N4O3/c1-19-9-2-3-10-11(4-9)20-6-8(12(10)18)5-14-13-15-7-16-17-13/h2-7H,1H3,(H,15,16,17). The van der Waals surface area contributed by atoms with Crippen LogP contribution in [0.1, 0.15) is 5.56 Å². The van der Waals surface area contributed by atoms with E-state index in [0.29, 0.717) is 28.2 Å². The molecule has 2 heterocycles. The third kappa shape index (κ3) is 2.16. The summed E-state index contributed by atoms with van der Waals surface area (Å²) in [5.74, 6) is 0.947. The number of nitrogens with zero attached hydrogens (tertiary/aromatic N) is 3. The molecule has 0 saturated carbocycles. The Morgan fingerprint density at radius 2 is 2.35 bits per heavy atom. The van der Waals surface area contributed by atoms with Crippen LogP contribution in [-0.2, 0) is 0 Å². The van der Waals surface area contributed by atoms with Crippen LogP contribution in [0, 0.1) is 0 Å². The molecule has 0 atom stereocenters. The lowest BCUT2D eigenvalue weighted by Crippen LogP contribution is -2.07. The van der Waals surface area contributed by atoms with Gasteiger partial charge in [0.1, 0.15) is 23.9 Å². The van der Waals surface area contributed by atoms with Crippen molar-refractivity contribution >= 4 is 23.1 Å². The molecule has 1 N–H and O–H groups in total. The monoisotopic (exact) mass is 270 g/mol. The van der Waals surface area contributed by atoms with Gasteiger partial charge in [-0.05, 0) is 12.1 Å². The lowest BCUT2D eigenvalue weighted by Gasteiger charge is -2.01. The molecule has 7 nitrogen and oxygen atoms in total. The highest BCUT2D eigenvalue weighted by molar-refractivity contribution is 5.87. The summed E-state index contributed by atoms with van der Waals surface area (Å²) in [6, 6.07) is 5.02. The second-order valence-electron chi connectivity index (χ2n) is 3.95. The summed E-state index contributed by atoms with van der Waals surface area (Å²) in [6.45, 7) is 0. The molecule has 0 spiro atoms. The normalized spacial score (nSPS) is 11.2. The SMILES string of the molecule is COc1ccc2c(=O)c(C=Nc3ncn[nH]3)coc2c1. The number of hydrogen-bond acceptors (Lipinski definition) is 6. The number of fused-ring (bicyclic) bond motifs is 1. The fourth-order valence-corrected chi connectivity index (χ4v) is 1.73. The molecule has 3 rings (SSSR count). The van der Waals surface area contributed by atoms with Gasteiger partial charge in [-0.25, -0.2) is 10.1 Å². The molecule has 0 unspecified atom stereocenters. The fraction of sp³-hybridized carbons (Fsp3) is 0.0769. The molecule has 0 radical (unpaired) electrons. The first-order chi connectivity index (χ1) is 9.78. The first-order valence-electron chi connectivity index (χ1n) is 5.77. The quantitative estimate of drug-likeness (QED) is 0.730. The van der Waals surface area contributed by atoms with Gasteiger partial charge in [0.15, 0.2) is 0 Å².